The van der Waals surface area contributed by atoms with Crippen LogP contribution in [0.1, 0.15) is 5.69 Å². The molecule has 1 fully saturated rings. The van der Waals surface area contributed by atoms with Crippen molar-refractivity contribution in [2.45, 2.75) is 6.92 Å². The molecule has 0 radical (unpaired) electrons. The molecule has 4 aromatic rings. The van der Waals surface area contributed by atoms with Crippen molar-refractivity contribution in [1.82, 2.24) is 14.5 Å². The molecule has 0 bridgehead atoms. The molecule has 0 spiro atoms. The number of nitrogens with zero attached hydrogens (tertiary/aromatic N) is 6. The highest BCUT2D eigenvalue weighted by molar-refractivity contribution is 5.99. The number of rotatable bonds is 8. The van der Waals surface area contributed by atoms with Crippen LogP contribution in [0.2, 0.25) is 0 Å². The first kappa shape index (κ1) is 30.9. The third-order valence-electron chi connectivity index (χ3n) is 7.47. The zero-order valence-corrected chi connectivity index (χ0v) is 25.7. The van der Waals surface area contributed by atoms with Gasteiger partial charge in [0.2, 0.25) is 11.9 Å². The Morgan fingerprint density at radius 2 is 1.71 bits per heavy atom. The lowest BCUT2D eigenvalue weighted by atomic mass is 10.1. The molecule has 0 aliphatic carbocycles. The molecule has 230 valence electrons. The standard InChI is InChI=1S/C34H36N8O3/c1-6-30(43)37-25-13-10-14-27(21-25)42-32(23(2)36-31(33(42)44)24-11-8-7-9-12-24)39-34(35-3)38-26-15-16-28(29(22-26)45-5)41-19-17-40(4)18-20-41/h6-16,21-22H,1,3,17-20H2,2,4-5H3,(H,37,43)(H,38,39). The van der Waals surface area contributed by atoms with Gasteiger partial charge in [-0.3, -0.25) is 14.2 Å². The van der Waals surface area contributed by atoms with E-state index in [-0.39, 0.29) is 28.9 Å². The lowest BCUT2D eigenvalue weighted by molar-refractivity contribution is -0.111. The van der Waals surface area contributed by atoms with Crippen molar-refractivity contribution in [3.63, 3.8) is 0 Å². The van der Waals surface area contributed by atoms with Gasteiger partial charge in [-0.2, -0.15) is 4.99 Å². The number of hydrogen-bond acceptors (Lipinski definition) is 7. The van der Waals surface area contributed by atoms with Gasteiger partial charge in [0.1, 0.15) is 11.4 Å². The summed E-state index contributed by atoms with van der Waals surface area (Å²) in [5, 5.41) is 5.95. The number of carbonyl (C=O) groups excluding carboxylic acids is 1. The zero-order chi connectivity index (χ0) is 31.9. The highest BCUT2D eigenvalue weighted by Crippen LogP contribution is 2.32. The summed E-state index contributed by atoms with van der Waals surface area (Å²) in [5.41, 5.74) is 3.68. The fourth-order valence-corrected chi connectivity index (χ4v) is 5.10. The second kappa shape index (κ2) is 13.8. The molecule has 1 aliphatic rings. The number of ether oxygens (including phenoxy) is 1. The summed E-state index contributed by atoms with van der Waals surface area (Å²) < 4.78 is 7.20. The van der Waals surface area contributed by atoms with Crippen LogP contribution in [0.15, 0.2) is 100 Å². The number of aliphatic imine (C=N–C) groups is 2. The van der Waals surface area contributed by atoms with Crippen LogP contribution >= 0.6 is 0 Å². The summed E-state index contributed by atoms with van der Waals surface area (Å²) in [6.07, 6.45) is 1.18. The van der Waals surface area contributed by atoms with E-state index in [0.717, 1.165) is 31.9 Å². The zero-order valence-electron chi connectivity index (χ0n) is 25.7. The van der Waals surface area contributed by atoms with Gasteiger partial charge in [-0.15, -0.1) is 0 Å². The SMILES string of the molecule is C=CC(=O)Nc1cccc(-n2c(N=C(N=C)Nc3ccc(N4CCN(C)CC4)c(OC)c3)c(C)nc(-c3ccccc3)c2=O)c1. The Bertz CT molecular complexity index is 1810. The molecule has 3 aromatic carbocycles. The van der Waals surface area contributed by atoms with Gasteiger partial charge in [-0.1, -0.05) is 43.0 Å². The number of aryl methyl sites for hydroxylation is 1. The maximum atomic E-state index is 14.1. The van der Waals surface area contributed by atoms with Gasteiger partial charge in [-0.25, -0.2) is 9.98 Å². The third kappa shape index (κ3) is 7.00. The molecule has 11 heteroatoms. The highest BCUT2D eigenvalue weighted by Gasteiger charge is 2.20. The fraction of sp³-hybridized carbons (Fsp3) is 0.206. The number of likely N-dealkylation sites (N-methyl/N-ethyl adjacent to an activating group) is 1. The van der Waals surface area contributed by atoms with Crippen LogP contribution in [0.3, 0.4) is 0 Å². The minimum Gasteiger partial charge on any atom is -0.495 e. The molecule has 45 heavy (non-hydrogen) atoms. The molecule has 2 heterocycles. The van der Waals surface area contributed by atoms with E-state index in [2.05, 4.69) is 50.8 Å². The summed E-state index contributed by atoms with van der Waals surface area (Å²) in [5.74, 6) is 0.757. The Morgan fingerprint density at radius 1 is 0.978 bits per heavy atom. The molecule has 11 nitrogen and oxygen atoms in total. The quantitative estimate of drug-likeness (QED) is 0.167. The van der Waals surface area contributed by atoms with Gasteiger partial charge >= 0.3 is 0 Å². The molecule has 0 unspecified atom stereocenters. The van der Waals surface area contributed by atoms with Gasteiger partial charge in [-0.05, 0) is 57.1 Å². The summed E-state index contributed by atoms with van der Waals surface area (Å²) in [6, 6.07) is 22.0. The van der Waals surface area contributed by atoms with Crippen LogP contribution in [0, 0.1) is 6.92 Å². The Morgan fingerprint density at radius 3 is 2.40 bits per heavy atom. The van der Waals surface area contributed by atoms with E-state index < -0.39 is 0 Å². The monoisotopic (exact) mass is 604 g/mol. The number of piperazine rings is 1. The van der Waals surface area contributed by atoms with Crippen LogP contribution in [0.4, 0.5) is 22.9 Å². The molecule has 5 rings (SSSR count). The second-order valence-corrected chi connectivity index (χ2v) is 10.5. The number of carbonyl (C=O) groups is 1. The van der Waals surface area contributed by atoms with Gasteiger partial charge in [0, 0.05) is 49.2 Å². The normalized spacial score (nSPS) is 13.7. The Hall–Kier alpha value is -5.55. The maximum absolute atomic E-state index is 14.1. The summed E-state index contributed by atoms with van der Waals surface area (Å²) in [7, 11) is 3.77. The lowest BCUT2D eigenvalue weighted by Gasteiger charge is -2.34. The molecular weight excluding hydrogens is 568 g/mol. The Balaban J connectivity index is 1.58. The number of aromatic nitrogens is 2. The van der Waals surface area contributed by atoms with Crippen LogP contribution in [-0.2, 0) is 4.79 Å². The first-order valence-corrected chi connectivity index (χ1v) is 14.5. The van der Waals surface area contributed by atoms with Gasteiger partial charge in [0.05, 0.1) is 24.2 Å². The Kier molecular flexibility index (Phi) is 9.49. The van der Waals surface area contributed by atoms with Crippen LogP contribution < -0.4 is 25.8 Å². The van der Waals surface area contributed by atoms with Crippen LogP contribution in [0.25, 0.3) is 16.9 Å². The van der Waals surface area contributed by atoms with Gasteiger partial charge < -0.3 is 25.2 Å². The summed E-state index contributed by atoms with van der Waals surface area (Å²) in [6.45, 7) is 12.8. The number of methoxy groups -OCH3 is 1. The molecular formula is C34H36N8O3. The molecule has 2 N–H and O–H groups in total. The maximum Gasteiger partial charge on any atom is 0.283 e. The van der Waals surface area contributed by atoms with Crippen molar-refractivity contribution in [3.8, 4) is 22.7 Å². The number of nitrogens with one attached hydrogen (secondary N) is 2. The van der Waals surface area contributed by atoms with E-state index in [1.54, 1.807) is 38.3 Å². The number of benzene rings is 3. The number of hydrogen-bond donors (Lipinski definition) is 2. The molecule has 1 amide bonds. The first-order valence-electron chi connectivity index (χ1n) is 14.5. The lowest BCUT2D eigenvalue weighted by Crippen LogP contribution is -2.44. The summed E-state index contributed by atoms with van der Waals surface area (Å²) >= 11 is 0. The molecule has 1 aliphatic heterocycles. The van der Waals surface area contributed by atoms with Gasteiger partial charge in [0.25, 0.3) is 5.56 Å². The average molecular weight is 605 g/mol. The average Bonchev–Trinajstić information content (AvgIpc) is 3.06. The highest BCUT2D eigenvalue weighted by atomic mass is 16.5. The second-order valence-electron chi connectivity index (χ2n) is 10.5. The van der Waals surface area contributed by atoms with Crippen molar-refractivity contribution >= 4 is 41.5 Å². The minimum atomic E-state index is -0.389. The van der Waals surface area contributed by atoms with Crippen molar-refractivity contribution in [3.05, 3.63) is 101 Å². The van der Waals surface area contributed by atoms with E-state index in [9.17, 15) is 9.59 Å². The van der Waals surface area contributed by atoms with E-state index in [1.807, 2.05) is 48.5 Å². The molecule has 1 aromatic heterocycles. The number of amides is 1. The van der Waals surface area contributed by atoms with Crippen molar-refractivity contribution in [2.75, 3.05) is 55.9 Å². The predicted octanol–water partition coefficient (Wildman–Crippen LogP) is 4.89. The number of guanidine groups is 1. The van der Waals surface area contributed by atoms with E-state index in [0.29, 0.717) is 34.1 Å². The van der Waals surface area contributed by atoms with Crippen molar-refractivity contribution in [2.24, 2.45) is 9.98 Å². The van der Waals surface area contributed by atoms with E-state index >= 15 is 0 Å². The minimum absolute atomic E-state index is 0.158. The largest absolute Gasteiger partial charge is 0.495 e. The van der Waals surface area contributed by atoms with Crippen molar-refractivity contribution in [1.29, 1.82) is 0 Å². The van der Waals surface area contributed by atoms with E-state index in [1.165, 1.54) is 10.6 Å². The van der Waals surface area contributed by atoms with Gasteiger partial charge in [0.15, 0.2) is 5.82 Å². The topological polar surface area (TPSA) is 116 Å². The first-order chi connectivity index (χ1) is 21.8. The summed E-state index contributed by atoms with van der Waals surface area (Å²) in [4.78, 5) is 44.2. The predicted molar refractivity (Wildman–Crippen MR) is 182 cm³/mol. The van der Waals surface area contributed by atoms with Crippen LogP contribution in [0.5, 0.6) is 5.75 Å². The Labute approximate surface area is 262 Å². The van der Waals surface area contributed by atoms with Crippen molar-refractivity contribution < 1.29 is 9.53 Å². The molecule has 0 atom stereocenters. The molecule has 1 saturated heterocycles. The third-order valence-corrected chi connectivity index (χ3v) is 7.47. The smallest absolute Gasteiger partial charge is 0.283 e. The van der Waals surface area contributed by atoms with E-state index in [4.69, 9.17) is 9.73 Å². The number of anilines is 3. The molecule has 0 saturated carbocycles. The van der Waals surface area contributed by atoms with Crippen LogP contribution in [-0.4, -0.2) is 73.4 Å². The fourth-order valence-electron chi connectivity index (χ4n) is 5.10.